The molecule has 0 saturated carbocycles. The van der Waals surface area contributed by atoms with Gasteiger partial charge in [0.05, 0.1) is 20.8 Å². The maximum atomic E-state index is 5.54. The summed E-state index contributed by atoms with van der Waals surface area (Å²) in [5.41, 5.74) is 1.11. The van der Waals surface area contributed by atoms with Crippen LogP contribution in [0.4, 0.5) is 0 Å². The van der Waals surface area contributed by atoms with Crippen molar-refractivity contribution in [3.8, 4) is 11.5 Å². The van der Waals surface area contributed by atoms with E-state index in [0.29, 0.717) is 6.61 Å². The van der Waals surface area contributed by atoms with E-state index in [1.54, 1.807) is 14.2 Å². The topological polar surface area (TPSA) is 27.7 Å². The van der Waals surface area contributed by atoms with E-state index in [4.69, 9.17) is 14.2 Å². The third-order valence-corrected chi connectivity index (χ3v) is 2.36. The molecule has 0 radical (unpaired) electrons. The summed E-state index contributed by atoms with van der Waals surface area (Å²) in [7, 11) is 3.27. The minimum atomic E-state index is 0.625. The summed E-state index contributed by atoms with van der Waals surface area (Å²) in [4.78, 5) is 0. The average molecular weight is 224 g/mol. The predicted molar refractivity (Wildman–Crippen MR) is 64.1 cm³/mol. The summed E-state index contributed by atoms with van der Waals surface area (Å²) in [5, 5.41) is 0. The Bertz CT molecular complexity index is 310. The van der Waals surface area contributed by atoms with Gasteiger partial charge in [-0.2, -0.15) is 0 Å². The van der Waals surface area contributed by atoms with E-state index >= 15 is 0 Å². The van der Waals surface area contributed by atoms with E-state index in [1.165, 1.54) is 0 Å². The number of benzene rings is 1. The SMILES string of the molecule is CCCCOCc1ccc(OC)c(OC)c1. The molecule has 0 fully saturated rings. The monoisotopic (exact) mass is 224 g/mol. The number of ether oxygens (including phenoxy) is 3. The molecule has 0 atom stereocenters. The Morgan fingerprint density at radius 2 is 1.81 bits per heavy atom. The number of methoxy groups -OCH3 is 2. The minimum Gasteiger partial charge on any atom is -0.493 e. The average Bonchev–Trinajstić information content (AvgIpc) is 2.34. The molecule has 0 spiro atoms. The zero-order chi connectivity index (χ0) is 11.8. The van der Waals surface area contributed by atoms with E-state index in [0.717, 1.165) is 36.5 Å². The zero-order valence-corrected chi connectivity index (χ0v) is 10.3. The fourth-order valence-corrected chi connectivity index (χ4v) is 1.41. The molecule has 0 aliphatic heterocycles. The lowest BCUT2D eigenvalue weighted by molar-refractivity contribution is 0.118. The molecule has 0 aromatic heterocycles. The first-order valence-electron chi connectivity index (χ1n) is 5.60. The van der Waals surface area contributed by atoms with Gasteiger partial charge in [-0.25, -0.2) is 0 Å². The van der Waals surface area contributed by atoms with E-state index in [1.807, 2.05) is 18.2 Å². The van der Waals surface area contributed by atoms with Crippen molar-refractivity contribution in [1.29, 1.82) is 0 Å². The molecule has 0 N–H and O–H groups in total. The lowest BCUT2D eigenvalue weighted by atomic mass is 10.2. The number of unbranched alkanes of at least 4 members (excludes halogenated alkanes) is 1. The van der Waals surface area contributed by atoms with Crippen molar-refractivity contribution < 1.29 is 14.2 Å². The van der Waals surface area contributed by atoms with Gasteiger partial charge in [-0.15, -0.1) is 0 Å². The zero-order valence-electron chi connectivity index (χ0n) is 10.3. The highest BCUT2D eigenvalue weighted by Crippen LogP contribution is 2.27. The third-order valence-electron chi connectivity index (χ3n) is 2.36. The van der Waals surface area contributed by atoms with Crippen molar-refractivity contribution in [3.05, 3.63) is 23.8 Å². The molecule has 16 heavy (non-hydrogen) atoms. The maximum absolute atomic E-state index is 5.54. The lowest BCUT2D eigenvalue weighted by Gasteiger charge is -2.09. The quantitative estimate of drug-likeness (QED) is 0.666. The molecule has 0 aliphatic rings. The molecule has 0 amide bonds. The molecular formula is C13H20O3. The van der Waals surface area contributed by atoms with Gasteiger partial charge in [0.25, 0.3) is 0 Å². The molecule has 0 unspecified atom stereocenters. The van der Waals surface area contributed by atoms with Crippen molar-refractivity contribution in [3.63, 3.8) is 0 Å². The first kappa shape index (κ1) is 12.8. The summed E-state index contributed by atoms with van der Waals surface area (Å²) >= 11 is 0. The maximum Gasteiger partial charge on any atom is 0.161 e. The highest BCUT2D eigenvalue weighted by molar-refractivity contribution is 5.42. The number of rotatable bonds is 7. The molecule has 0 aliphatic carbocycles. The van der Waals surface area contributed by atoms with E-state index < -0.39 is 0 Å². The van der Waals surface area contributed by atoms with Crippen LogP contribution in [0.15, 0.2) is 18.2 Å². The van der Waals surface area contributed by atoms with Gasteiger partial charge in [0, 0.05) is 6.61 Å². The van der Waals surface area contributed by atoms with Crippen molar-refractivity contribution in [2.24, 2.45) is 0 Å². The second kappa shape index (κ2) is 7.12. The summed E-state index contributed by atoms with van der Waals surface area (Å²) < 4.78 is 15.9. The van der Waals surface area contributed by atoms with Crippen LogP contribution in [0.5, 0.6) is 11.5 Å². The number of hydrogen-bond acceptors (Lipinski definition) is 3. The van der Waals surface area contributed by atoms with Crippen LogP contribution >= 0.6 is 0 Å². The van der Waals surface area contributed by atoms with Crippen LogP contribution < -0.4 is 9.47 Å². The second-order valence-corrected chi connectivity index (χ2v) is 3.60. The van der Waals surface area contributed by atoms with Crippen molar-refractivity contribution in [2.45, 2.75) is 26.4 Å². The molecule has 90 valence electrons. The second-order valence-electron chi connectivity index (χ2n) is 3.60. The van der Waals surface area contributed by atoms with Crippen LogP contribution in [0.2, 0.25) is 0 Å². The standard InChI is InChI=1S/C13H20O3/c1-4-5-8-16-10-11-6-7-12(14-2)13(9-11)15-3/h6-7,9H,4-5,8,10H2,1-3H3. The van der Waals surface area contributed by atoms with Crippen LogP contribution in [-0.4, -0.2) is 20.8 Å². The minimum absolute atomic E-state index is 0.625. The van der Waals surface area contributed by atoms with Gasteiger partial charge < -0.3 is 14.2 Å². The Labute approximate surface area is 97.3 Å². The van der Waals surface area contributed by atoms with Crippen LogP contribution in [0.3, 0.4) is 0 Å². The summed E-state index contributed by atoms with van der Waals surface area (Å²) in [6.45, 7) is 3.59. The van der Waals surface area contributed by atoms with Crippen LogP contribution in [0.25, 0.3) is 0 Å². The summed E-state index contributed by atoms with van der Waals surface area (Å²) in [6, 6.07) is 5.84. The fourth-order valence-electron chi connectivity index (χ4n) is 1.41. The molecule has 0 bridgehead atoms. The molecule has 1 aromatic rings. The van der Waals surface area contributed by atoms with Crippen LogP contribution in [0, 0.1) is 0 Å². The molecule has 3 nitrogen and oxygen atoms in total. The van der Waals surface area contributed by atoms with Crippen molar-refractivity contribution >= 4 is 0 Å². The summed E-state index contributed by atoms with van der Waals surface area (Å²) in [6.07, 6.45) is 2.26. The van der Waals surface area contributed by atoms with Gasteiger partial charge in [0.15, 0.2) is 11.5 Å². The highest BCUT2D eigenvalue weighted by Gasteiger charge is 2.04. The van der Waals surface area contributed by atoms with Crippen LogP contribution in [-0.2, 0) is 11.3 Å². The molecule has 0 saturated heterocycles. The van der Waals surface area contributed by atoms with Crippen molar-refractivity contribution in [1.82, 2.24) is 0 Å². The molecule has 3 heteroatoms. The van der Waals surface area contributed by atoms with E-state index in [9.17, 15) is 0 Å². The van der Waals surface area contributed by atoms with E-state index in [-0.39, 0.29) is 0 Å². The Morgan fingerprint density at radius 3 is 2.44 bits per heavy atom. The van der Waals surface area contributed by atoms with Gasteiger partial charge >= 0.3 is 0 Å². The largest absolute Gasteiger partial charge is 0.493 e. The Kier molecular flexibility index (Phi) is 5.72. The Morgan fingerprint density at radius 1 is 1.06 bits per heavy atom. The molecule has 0 heterocycles. The highest BCUT2D eigenvalue weighted by atomic mass is 16.5. The van der Waals surface area contributed by atoms with Gasteiger partial charge in [-0.1, -0.05) is 19.4 Å². The predicted octanol–water partition coefficient (Wildman–Crippen LogP) is 3.02. The number of hydrogen-bond donors (Lipinski definition) is 0. The van der Waals surface area contributed by atoms with Gasteiger partial charge in [-0.05, 0) is 24.1 Å². The Hall–Kier alpha value is -1.22. The normalized spacial score (nSPS) is 10.2. The van der Waals surface area contributed by atoms with Gasteiger partial charge in [-0.3, -0.25) is 0 Å². The molecular weight excluding hydrogens is 204 g/mol. The van der Waals surface area contributed by atoms with Gasteiger partial charge in [0.2, 0.25) is 0 Å². The van der Waals surface area contributed by atoms with E-state index in [2.05, 4.69) is 6.92 Å². The summed E-state index contributed by atoms with van der Waals surface area (Å²) in [5.74, 6) is 1.50. The van der Waals surface area contributed by atoms with Crippen molar-refractivity contribution in [2.75, 3.05) is 20.8 Å². The Balaban J connectivity index is 2.54. The molecule has 1 rings (SSSR count). The molecule has 1 aromatic carbocycles. The fraction of sp³-hybridized carbons (Fsp3) is 0.538. The van der Waals surface area contributed by atoms with Crippen LogP contribution in [0.1, 0.15) is 25.3 Å². The smallest absolute Gasteiger partial charge is 0.161 e. The first-order valence-corrected chi connectivity index (χ1v) is 5.60. The first-order chi connectivity index (χ1) is 7.81. The third kappa shape index (κ3) is 3.74. The van der Waals surface area contributed by atoms with Gasteiger partial charge in [0.1, 0.15) is 0 Å². The lowest BCUT2D eigenvalue weighted by Crippen LogP contribution is -1.97.